The second-order valence-electron chi connectivity index (χ2n) is 16.1. The first-order chi connectivity index (χ1) is 29.8. The van der Waals surface area contributed by atoms with E-state index < -0.39 is 66.1 Å². The lowest BCUT2D eigenvalue weighted by Crippen LogP contribution is -2.41. The standard InChI is InChI=1S/C7H10O3.C6H7NO3.2C5H10N2O3S.2C5H8N2O.C4H6N2O2/c1-4-5(8)7(2,3)10-6(4)9;1-7-2-5(9)4(3-8)6(7)10;1-5(2)7(3)4(8)6-11(5,9)10;1-5(2)4(8)6-11(9,10)7(5)3;1-4-5(2)7(8)3-6-4;1-4-3-6-5(2)7(4)8;1-2-3(7)6-4(8)5-2/h8H,1-3H3;3,8H,2H2,1H3;2*1-3H3,(H,6,8);2*3,8H,1-2H3;2H,1H3,(H2,5,6,7,8)/b;4-3-;;;;;. The van der Waals surface area contributed by atoms with Crippen molar-refractivity contribution >= 4 is 61.8 Å². The first-order valence-electron chi connectivity index (χ1n) is 19.2. The molecule has 1 atom stereocenters. The number of rotatable bonds is 0. The largest absolute Gasteiger partial charge is 0.515 e. The van der Waals surface area contributed by atoms with Gasteiger partial charge >= 0.3 is 28.2 Å². The Balaban J connectivity index is 0.000000386. The Morgan fingerprint density at radius 1 is 0.864 bits per heavy atom. The number of ether oxygens (including phenoxy) is 1. The van der Waals surface area contributed by atoms with Crippen molar-refractivity contribution in [3.8, 4) is 0 Å². The van der Waals surface area contributed by atoms with Crippen molar-refractivity contribution in [2.75, 3.05) is 27.7 Å². The van der Waals surface area contributed by atoms with E-state index in [9.17, 15) is 55.5 Å². The second-order valence-corrected chi connectivity index (χ2v) is 20.0. The van der Waals surface area contributed by atoms with Crippen molar-refractivity contribution in [1.29, 1.82) is 0 Å². The predicted octanol–water partition coefficient (Wildman–Crippen LogP) is 0.0907. The maximum Gasteiger partial charge on any atom is 0.338 e. The number of ketones is 1. The number of esters is 1. The van der Waals surface area contributed by atoms with Gasteiger partial charge in [-0.1, -0.05) is 0 Å². The van der Waals surface area contributed by atoms with Gasteiger partial charge in [0.2, 0.25) is 5.91 Å². The van der Waals surface area contributed by atoms with Crippen LogP contribution in [0.25, 0.3) is 0 Å². The Morgan fingerprint density at radius 2 is 1.41 bits per heavy atom. The number of likely N-dealkylation sites (N-methyl/N-ethyl adjacent to an activating group) is 2. The molecule has 4 saturated heterocycles. The summed E-state index contributed by atoms with van der Waals surface area (Å²) in [6, 6.07) is -1.33. The van der Waals surface area contributed by atoms with Crippen LogP contribution in [-0.2, 0) is 48.9 Å². The number of aryl methyl sites for hydroxylation is 3. The number of nitrogens with zero attached hydrogens (tertiary/aromatic N) is 7. The van der Waals surface area contributed by atoms with Crippen LogP contribution in [-0.4, -0.2) is 162 Å². The zero-order chi connectivity index (χ0) is 51.8. The van der Waals surface area contributed by atoms with Gasteiger partial charge in [0.1, 0.15) is 35.1 Å². The van der Waals surface area contributed by atoms with E-state index in [1.165, 1.54) is 46.2 Å². The summed E-state index contributed by atoms with van der Waals surface area (Å²) < 4.78 is 55.9. The normalized spacial score (nSPS) is 21.9. The number of aromatic nitrogens is 4. The average Bonchev–Trinajstić information content (AvgIpc) is 3.96. The van der Waals surface area contributed by atoms with Crippen LogP contribution in [0.4, 0.5) is 9.59 Å². The van der Waals surface area contributed by atoms with Gasteiger partial charge in [-0.3, -0.25) is 24.5 Å². The fourth-order valence-electron chi connectivity index (χ4n) is 4.77. The fraction of sp³-hybridized carbons (Fsp3) is 0.541. The molecule has 2 aromatic rings. The maximum absolute atomic E-state index is 11.1. The van der Waals surface area contributed by atoms with Gasteiger partial charge < -0.3 is 40.5 Å². The molecule has 4 fully saturated rings. The lowest BCUT2D eigenvalue weighted by atomic mass is 10.1. The molecule has 0 radical (unpaired) electrons. The highest BCUT2D eigenvalue weighted by Gasteiger charge is 2.49. The number of hydrogen-bond acceptors (Lipinski definition) is 18. The van der Waals surface area contributed by atoms with Crippen LogP contribution in [0.1, 0.15) is 78.3 Å². The highest BCUT2D eigenvalue weighted by atomic mass is 32.2. The molecule has 0 aromatic carbocycles. The van der Waals surface area contributed by atoms with Gasteiger partial charge in [-0.05, 0) is 83.1 Å². The summed E-state index contributed by atoms with van der Waals surface area (Å²) in [6.45, 7) is 19.8. The summed E-state index contributed by atoms with van der Waals surface area (Å²) in [5.74, 6) is -1.24. The van der Waals surface area contributed by atoms with E-state index in [4.69, 9.17) is 20.3 Å². The number of nitrogens with one attached hydrogen (secondary N) is 4. The number of imide groups is 1. The van der Waals surface area contributed by atoms with Gasteiger partial charge in [0.15, 0.2) is 16.3 Å². The van der Waals surface area contributed by atoms with Crippen LogP contribution in [0.15, 0.2) is 35.7 Å². The zero-order valence-corrected chi connectivity index (χ0v) is 40.8. The number of hydrogen-bond donors (Lipinski definition) is 8. The van der Waals surface area contributed by atoms with Crippen molar-refractivity contribution in [3.63, 3.8) is 0 Å². The summed E-state index contributed by atoms with van der Waals surface area (Å²) in [4.78, 5) is 83.7. The second kappa shape index (κ2) is 21.5. The topological polar surface area (TPSA) is 371 Å². The fourth-order valence-corrected chi connectivity index (χ4v) is 7.14. The molecule has 0 saturated carbocycles. The molecule has 0 bridgehead atoms. The quantitative estimate of drug-likeness (QED) is 0.0433. The summed E-state index contributed by atoms with van der Waals surface area (Å²) in [5, 5.41) is 39.8. The Bertz CT molecular complexity index is 2420. The smallest absolute Gasteiger partial charge is 0.338 e. The number of imidazole rings is 2. The van der Waals surface area contributed by atoms with Crippen LogP contribution in [0.3, 0.4) is 0 Å². The van der Waals surface area contributed by atoms with Gasteiger partial charge in [0.05, 0.1) is 41.7 Å². The molecule has 5 aliphatic heterocycles. The van der Waals surface area contributed by atoms with Crippen molar-refractivity contribution in [3.05, 3.63) is 58.6 Å². The number of aliphatic hydroxyl groups is 2. The molecule has 0 spiro atoms. The predicted molar refractivity (Wildman–Crippen MR) is 231 cm³/mol. The van der Waals surface area contributed by atoms with Crippen molar-refractivity contribution < 1.29 is 75.8 Å². The molecule has 7 amide bonds. The molecule has 370 valence electrons. The SMILES string of the molecule is CC1=C(O)C(C)(C)OC1=O.CC1NC(=O)NC1=O.CN1C(=O)NS(=O)(=O)C1(C)C.CN1C(C)(C)C(=O)NS1(=O)=O.CN1CC(=O)/C(=C/O)C1=O.Cc1cnc(C)n1O.Cc1ncn(O)c1C. The van der Waals surface area contributed by atoms with Crippen molar-refractivity contribution in [2.45, 2.75) is 105 Å². The molecule has 66 heavy (non-hydrogen) atoms. The van der Waals surface area contributed by atoms with E-state index in [0.29, 0.717) is 17.7 Å². The molecule has 8 N–H and O–H groups in total. The summed E-state index contributed by atoms with van der Waals surface area (Å²) in [7, 11) is -2.72. The molecule has 27 nitrogen and oxygen atoms in total. The van der Waals surface area contributed by atoms with E-state index in [1.807, 2.05) is 23.3 Å². The van der Waals surface area contributed by atoms with E-state index >= 15 is 0 Å². The molecule has 1 unspecified atom stereocenters. The third-order valence-corrected chi connectivity index (χ3v) is 13.8. The number of likely N-dealkylation sites (tertiary alicyclic amines) is 1. The van der Waals surface area contributed by atoms with E-state index in [1.54, 1.807) is 61.6 Å². The molecule has 29 heteroatoms. The molecule has 7 heterocycles. The van der Waals surface area contributed by atoms with Gasteiger partial charge in [-0.2, -0.15) is 22.2 Å². The van der Waals surface area contributed by atoms with Crippen molar-refractivity contribution in [2.24, 2.45) is 0 Å². The summed E-state index contributed by atoms with van der Waals surface area (Å²) in [5.41, 5.74) is 0.840. The van der Waals surface area contributed by atoms with E-state index in [2.05, 4.69) is 20.6 Å². The number of cyclic esters (lactones) is 1. The van der Waals surface area contributed by atoms with Crippen LogP contribution in [0, 0.1) is 27.7 Å². The summed E-state index contributed by atoms with van der Waals surface area (Å²) in [6.07, 6.45) is 3.56. The monoisotopic (exact) mass is 977 g/mol. The Hall–Kier alpha value is -6.75. The Morgan fingerprint density at radius 3 is 1.53 bits per heavy atom. The van der Waals surface area contributed by atoms with Crippen LogP contribution < -0.4 is 20.1 Å². The maximum atomic E-state index is 11.1. The zero-order valence-electron chi connectivity index (χ0n) is 39.2. The minimum absolute atomic E-state index is 0.0394. The molecular weight excluding hydrogens is 919 g/mol. The van der Waals surface area contributed by atoms with Gasteiger partial charge in [-0.15, -0.1) is 0 Å². The Labute approximate surface area is 381 Å². The minimum atomic E-state index is -3.55. The van der Waals surface area contributed by atoms with Crippen LogP contribution >= 0.6 is 0 Å². The lowest BCUT2D eigenvalue weighted by Gasteiger charge is -2.22. The van der Waals surface area contributed by atoms with E-state index in [0.717, 1.165) is 35.7 Å². The number of amides is 7. The third-order valence-electron chi connectivity index (χ3n) is 10.2. The third kappa shape index (κ3) is 13.6. The number of Topliss-reactive ketones (excluding diaryl/α,β-unsaturated/α-hetero) is 1. The van der Waals surface area contributed by atoms with Crippen molar-refractivity contribution in [1.82, 2.24) is 53.6 Å². The van der Waals surface area contributed by atoms with Crippen LogP contribution in [0.2, 0.25) is 0 Å². The van der Waals surface area contributed by atoms with E-state index in [-0.39, 0.29) is 35.6 Å². The lowest BCUT2D eigenvalue weighted by molar-refractivity contribution is -0.145. The number of sulfonamides is 1. The average molecular weight is 978 g/mol. The summed E-state index contributed by atoms with van der Waals surface area (Å²) >= 11 is 0. The highest BCUT2D eigenvalue weighted by molar-refractivity contribution is 7.91. The minimum Gasteiger partial charge on any atom is -0.515 e. The first-order valence-corrected chi connectivity index (χ1v) is 22.1. The van der Waals surface area contributed by atoms with Gasteiger partial charge in [0.25, 0.3) is 21.8 Å². The number of carbonyl (C=O) groups is 7. The number of urea groups is 2. The molecule has 5 aliphatic rings. The first kappa shape index (κ1) is 57.3. The van der Waals surface area contributed by atoms with Gasteiger partial charge in [-0.25, -0.2) is 42.2 Å². The van der Waals surface area contributed by atoms with Gasteiger partial charge in [0, 0.05) is 21.1 Å². The Kier molecular flexibility index (Phi) is 18.6. The van der Waals surface area contributed by atoms with Crippen LogP contribution in [0.5, 0.6) is 0 Å². The molecule has 0 aliphatic carbocycles. The molecular formula is C37H59N11O16S2. The molecule has 7 rings (SSSR count). The molecule has 2 aromatic heterocycles. The highest BCUT2D eigenvalue weighted by Crippen LogP contribution is 2.29. The number of carbonyl (C=O) groups excluding carboxylic acids is 7. The number of aliphatic hydroxyl groups excluding tert-OH is 2.